The SMILES string of the molecule is COc1ccc(CCCCNC(=O)CCc2nn3c(C)nnc3s2)cc1. The van der Waals surface area contributed by atoms with Crippen LogP contribution in [0.5, 0.6) is 5.75 Å². The summed E-state index contributed by atoms with van der Waals surface area (Å²) in [7, 11) is 1.67. The van der Waals surface area contributed by atoms with Crippen LogP contribution in [0, 0.1) is 6.92 Å². The molecule has 8 heteroatoms. The normalized spacial score (nSPS) is 11.0. The number of nitrogens with zero attached hydrogens (tertiary/aromatic N) is 4. The summed E-state index contributed by atoms with van der Waals surface area (Å²) in [6, 6.07) is 8.12. The Kier molecular flexibility index (Phi) is 6.17. The molecule has 0 unspecified atom stereocenters. The molecule has 0 fully saturated rings. The van der Waals surface area contributed by atoms with Crippen LogP contribution < -0.4 is 10.1 Å². The summed E-state index contributed by atoms with van der Waals surface area (Å²) >= 11 is 1.48. The van der Waals surface area contributed by atoms with Crippen LogP contribution in [0.3, 0.4) is 0 Å². The molecule has 3 rings (SSSR count). The Balaban J connectivity index is 1.31. The number of unbranched alkanes of at least 4 members (excludes halogenated alkanes) is 1. The van der Waals surface area contributed by atoms with Crippen molar-refractivity contribution in [1.82, 2.24) is 25.1 Å². The smallest absolute Gasteiger partial charge is 0.234 e. The van der Waals surface area contributed by atoms with Gasteiger partial charge in [-0.15, -0.1) is 10.2 Å². The average Bonchev–Trinajstić information content (AvgIpc) is 3.22. The number of aromatic nitrogens is 4. The molecule has 3 aromatic rings. The van der Waals surface area contributed by atoms with Crippen LogP contribution >= 0.6 is 11.3 Å². The minimum atomic E-state index is 0.0668. The van der Waals surface area contributed by atoms with Gasteiger partial charge in [-0.3, -0.25) is 4.79 Å². The molecule has 0 aliphatic rings. The Morgan fingerprint density at radius 2 is 2.00 bits per heavy atom. The first-order valence-corrected chi connectivity index (χ1v) is 9.54. The Morgan fingerprint density at radius 1 is 1.19 bits per heavy atom. The van der Waals surface area contributed by atoms with Crippen LogP contribution in [-0.2, 0) is 17.6 Å². The Labute approximate surface area is 156 Å². The molecule has 1 N–H and O–H groups in total. The molecule has 7 nitrogen and oxygen atoms in total. The lowest BCUT2D eigenvalue weighted by Gasteiger charge is -2.05. The van der Waals surface area contributed by atoms with Gasteiger partial charge in [0.1, 0.15) is 10.8 Å². The van der Waals surface area contributed by atoms with Crippen molar-refractivity contribution < 1.29 is 9.53 Å². The molecular formula is C18H23N5O2S. The zero-order valence-electron chi connectivity index (χ0n) is 15.1. The molecule has 2 aromatic heterocycles. The summed E-state index contributed by atoms with van der Waals surface area (Å²) in [5.74, 6) is 1.71. The number of carbonyl (C=O) groups is 1. The molecule has 0 aliphatic carbocycles. The third-order valence-electron chi connectivity index (χ3n) is 4.13. The number of methoxy groups -OCH3 is 1. The number of rotatable bonds is 9. The number of benzene rings is 1. The lowest BCUT2D eigenvalue weighted by atomic mass is 10.1. The maximum absolute atomic E-state index is 12.0. The van der Waals surface area contributed by atoms with E-state index in [0.29, 0.717) is 19.4 Å². The van der Waals surface area contributed by atoms with Gasteiger partial charge in [0.15, 0.2) is 5.82 Å². The quantitative estimate of drug-likeness (QED) is 0.583. The fourth-order valence-electron chi connectivity index (χ4n) is 2.64. The molecular weight excluding hydrogens is 350 g/mol. The zero-order valence-corrected chi connectivity index (χ0v) is 15.9. The number of carbonyl (C=O) groups excluding carboxylic acids is 1. The summed E-state index contributed by atoms with van der Waals surface area (Å²) in [5.41, 5.74) is 1.29. The Bertz CT molecular complexity index is 856. The number of ether oxygens (including phenoxy) is 1. The summed E-state index contributed by atoms with van der Waals surface area (Å²) in [5, 5.41) is 16.3. The van der Waals surface area contributed by atoms with E-state index in [9.17, 15) is 4.79 Å². The third-order valence-corrected chi connectivity index (χ3v) is 5.09. The van der Waals surface area contributed by atoms with Crippen LogP contribution in [0.1, 0.15) is 35.7 Å². The molecule has 0 saturated carbocycles. The second-order valence-electron chi connectivity index (χ2n) is 6.09. The Hall–Kier alpha value is -2.48. The number of aryl methyl sites for hydroxylation is 3. The van der Waals surface area contributed by atoms with Gasteiger partial charge in [-0.1, -0.05) is 23.5 Å². The van der Waals surface area contributed by atoms with Crippen LogP contribution in [0.4, 0.5) is 0 Å². The van der Waals surface area contributed by atoms with Gasteiger partial charge < -0.3 is 10.1 Å². The zero-order chi connectivity index (χ0) is 18.4. The van der Waals surface area contributed by atoms with Crippen molar-refractivity contribution in [3.05, 3.63) is 40.7 Å². The number of fused-ring (bicyclic) bond motifs is 1. The molecule has 1 amide bonds. The lowest BCUT2D eigenvalue weighted by Crippen LogP contribution is -2.24. The van der Waals surface area contributed by atoms with Gasteiger partial charge >= 0.3 is 0 Å². The molecule has 0 bridgehead atoms. The lowest BCUT2D eigenvalue weighted by molar-refractivity contribution is -0.121. The predicted molar refractivity (Wildman–Crippen MR) is 101 cm³/mol. The largest absolute Gasteiger partial charge is 0.497 e. The van der Waals surface area contributed by atoms with E-state index >= 15 is 0 Å². The minimum absolute atomic E-state index is 0.0668. The van der Waals surface area contributed by atoms with Crippen LogP contribution in [0.2, 0.25) is 0 Å². The number of hydrogen-bond acceptors (Lipinski definition) is 6. The van der Waals surface area contributed by atoms with Crippen molar-refractivity contribution >= 4 is 22.2 Å². The molecule has 26 heavy (non-hydrogen) atoms. The minimum Gasteiger partial charge on any atom is -0.497 e. The van der Waals surface area contributed by atoms with E-state index in [-0.39, 0.29) is 5.91 Å². The summed E-state index contributed by atoms with van der Waals surface area (Å²) in [6.07, 6.45) is 4.09. The van der Waals surface area contributed by atoms with Gasteiger partial charge in [-0.2, -0.15) is 9.61 Å². The van der Waals surface area contributed by atoms with Crippen molar-refractivity contribution in [2.75, 3.05) is 13.7 Å². The van der Waals surface area contributed by atoms with Gasteiger partial charge in [-0.25, -0.2) is 0 Å². The molecule has 1 aromatic carbocycles. The number of amides is 1. The van der Waals surface area contributed by atoms with E-state index in [1.165, 1.54) is 16.9 Å². The second kappa shape index (κ2) is 8.75. The fourth-order valence-corrected chi connectivity index (χ4v) is 3.52. The maximum atomic E-state index is 12.0. The maximum Gasteiger partial charge on any atom is 0.234 e. The van der Waals surface area contributed by atoms with Crippen LogP contribution in [0.25, 0.3) is 4.96 Å². The second-order valence-corrected chi connectivity index (χ2v) is 7.13. The highest BCUT2D eigenvalue weighted by Gasteiger charge is 2.10. The van der Waals surface area contributed by atoms with E-state index in [2.05, 4.69) is 32.7 Å². The highest BCUT2D eigenvalue weighted by Crippen LogP contribution is 2.15. The van der Waals surface area contributed by atoms with Crippen molar-refractivity contribution in [2.45, 2.75) is 39.0 Å². The predicted octanol–water partition coefficient (Wildman–Crippen LogP) is 2.57. The average molecular weight is 373 g/mol. The highest BCUT2D eigenvalue weighted by atomic mass is 32.1. The van der Waals surface area contributed by atoms with Crippen molar-refractivity contribution in [3.63, 3.8) is 0 Å². The van der Waals surface area contributed by atoms with E-state index in [1.807, 2.05) is 19.1 Å². The van der Waals surface area contributed by atoms with E-state index in [0.717, 1.165) is 40.8 Å². The molecule has 138 valence electrons. The van der Waals surface area contributed by atoms with Crippen LogP contribution in [-0.4, -0.2) is 39.4 Å². The molecule has 0 aliphatic heterocycles. The monoisotopic (exact) mass is 373 g/mol. The van der Waals surface area contributed by atoms with Crippen molar-refractivity contribution in [2.24, 2.45) is 0 Å². The summed E-state index contributed by atoms with van der Waals surface area (Å²) in [4.78, 5) is 12.7. The third kappa shape index (κ3) is 4.78. The van der Waals surface area contributed by atoms with Gasteiger partial charge in [0, 0.05) is 19.4 Å². The van der Waals surface area contributed by atoms with Gasteiger partial charge in [0.25, 0.3) is 0 Å². The van der Waals surface area contributed by atoms with E-state index in [4.69, 9.17) is 4.74 Å². The van der Waals surface area contributed by atoms with Gasteiger partial charge in [-0.05, 0) is 43.9 Å². The summed E-state index contributed by atoms with van der Waals surface area (Å²) < 4.78 is 6.87. The van der Waals surface area contributed by atoms with E-state index < -0.39 is 0 Å². The van der Waals surface area contributed by atoms with Crippen LogP contribution in [0.15, 0.2) is 24.3 Å². The van der Waals surface area contributed by atoms with E-state index in [1.54, 1.807) is 11.6 Å². The van der Waals surface area contributed by atoms with Crippen molar-refractivity contribution in [1.29, 1.82) is 0 Å². The first-order valence-electron chi connectivity index (χ1n) is 8.73. The van der Waals surface area contributed by atoms with Gasteiger partial charge in [0.2, 0.25) is 10.9 Å². The molecule has 2 heterocycles. The molecule has 0 radical (unpaired) electrons. The first kappa shape index (κ1) is 18.3. The van der Waals surface area contributed by atoms with Crippen molar-refractivity contribution in [3.8, 4) is 5.75 Å². The fraction of sp³-hybridized carbons (Fsp3) is 0.444. The highest BCUT2D eigenvalue weighted by molar-refractivity contribution is 7.16. The Morgan fingerprint density at radius 3 is 2.73 bits per heavy atom. The topological polar surface area (TPSA) is 81.4 Å². The molecule has 0 spiro atoms. The number of nitrogens with one attached hydrogen (secondary N) is 1. The number of hydrogen-bond donors (Lipinski definition) is 1. The van der Waals surface area contributed by atoms with Gasteiger partial charge in [0.05, 0.1) is 7.11 Å². The summed E-state index contributed by atoms with van der Waals surface area (Å²) in [6.45, 7) is 2.57. The molecule has 0 atom stereocenters. The molecule has 0 saturated heterocycles. The first-order chi connectivity index (χ1) is 12.7. The standard InChI is InChI=1S/C18H23N5O2S/c1-13-20-21-18-23(13)22-17(26-18)11-10-16(24)19-12-4-3-5-14-6-8-15(25-2)9-7-14/h6-9H,3-5,10-12H2,1-2H3,(H,19,24).